The molecule has 1 amide bonds. The minimum Gasteiger partial charge on any atom is -0.368 e. The van der Waals surface area contributed by atoms with Gasteiger partial charge in [-0.05, 0) is 18.1 Å². The van der Waals surface area contributed by atoms with E-state index in [-0.39, 0.29) is 17.4 Å². The Kier molecular flexibility index (Phi) is 5.13. The number of hydrogen-bond acceptors (Lipinski definition) is 7. The van der Waals surface area contributed by atoms with Gasteiger partial charge in [-0.25, -0.2) is 9.97 Å². The first kappa shape index (κ1) is 18.1. The number of benzene rings is 1. The van der Waals surface area contributed by atoms with Gasteiger partial charge in [-0.1, -0.05) is 32.0 Å². The first-order valence-corrected chi connectivity index (χ1v) is 8.42. The van der Waals surface area contributed by atoms with Gasteiger partial charge in [0.05, 0.1) is 23.6 Å². The fraction of sp³-hybridized carbons (Fsp3) is 0.211. The van der Waals surface area contributed by atoms with Crippen molar-refractivity contribution >= 4 is 34.1 Å². The zero-order valence-electron chi connectivity index (χ0n) is 15.0. The third-order valence-electron chi connectivity index (χ3n) is 4.01. The van der Waals surface area contributed by atoms with Crippen LogP contribution < -0.4 is 16.4 Å². The summed E-state index contributed by atoms with van der Waals surface area (Å²) in [6, 6.07) is 11.0. The molecule has 0 aliphatic rings. The number of nitrogens with one attached hydrogen (secondary N) is 2. The van der Waals surface area contributed by atoms with Crippen LogP contribution in [0.3, 0.4) is 0 Å². The SMILES string of the molecule is CC(C)C(Nc1cnc(C#N)c(Nc2cnc3ccccc3c2)n1)C(N)=O. The zero-order chi connectivity index (χ0) is 19.4. The van der Waals surface area contributed by atoms with Crippen LogP contribution in [0.2, 0.25) is 0 Å². The third-order valence-corrected chi connectivity index (χ3v) is 4.01. The average molecular weight is 361 g/mol. The molecule has 8 nitrogen and oxygen atoms in total. The van der Waals surface area contributed by atoms with Gasteiger partial charge < -0.3 is 16.4 Å². The number of nitrogens with two attached hydrogens (primary N) is 1. The molecular weight excluding hydrogens is 342 g/mol. The van der Waals surface area contributed by atoms with Crippen LogP contribution in [0.4, 0.5) is 17.3 Å². The largest absolute Gasteiger partial charge is 0.368 e. The summed E-state index contributed by atoms with van der Waals surface area (Å²) < 4.78 is 0. The highest BCUT2D eigenvalue weighted by Gasteiger charge is 2.20. The molecule has 0 bridgehead atoms. The van der Waals surface area contributed by atoms with E-state index in [1.165, 1.54) is 6.20 Å². The van der Waals surface area contributed by atoms with E-state index in [0.717, 1.165) is 10.9 Å². The van der Waals surface area contributed by atoms with Gasteiger partial charge in [-0.3, -0.25) is 9.78 Å². The topological polar surface area (TPSA) is 130 Å². The molecule has 0 saturated heterocycles. The summed E-state index contributed by atoms with van der Waals surface area (Å²) in [6.07, 6.45) is 3.06. The van der Waals surface area contributed by atoms with Crippen LogP contribution in [-0.4, -0.2) is 26.9 Å². The second kappa shape index (κ2) is 7.66. The predicted octanol–water partition coefficient (Wildman–Crippen LogP) is 2.56. The molecule has 2 heterocycles. The number of carbonyl (C=O) groups is 1. The Labute approximate surface area is 156 Å². The maximum atomic E-state index is 11.6. The first-order chi connectivity index (χ1) is 13.0. The standard InChI is InChI=1S/C19H19N7O/c1-11(2)17(18(21)27)25-16-10-23-15(8-20)19(26-16)24-13-7-12-5-3-4-6-14(12)22-9-13/h3-7,9-11,17H,1-2H3,(H2,21,27)(H2,24,25,26). The molecule has 4 N–H and O–H groups in total. The molecule has 8 heteroatoms. The number of nitrogens with zero attached hydrogens (tertiary/aromatic N) is 4. The van der Waals surface area contributed by atoms with E-state index in [4.69, 9.17) is 5.73 Å². The van der Waals surface area contributed by atoms with Crippen molar-refractivity contribution in [2.24, 2.45) is 11.7 Å². The van der Waals surface area contributed by atoms with Gasteiger partial charge in [0.25, 0.3) is 0 Å². The number of rotatable bonds is 6. The van der Waals surface area contributed by atoms with E-state index in [1.807, 2.05) is 50.2 Å². The van der Waals surface area contributed by atoms with Crippen molar-refractivity contribution < 1.29 is 4.79 Å². The molecule has 0 aliphatic carbocycles. The first-order valence-electron chi connectivity index (χ1n) is 8.42. The van der Waals surface area contributed by atoms with Crippen LogP contribution in [0.25, 0.3) is 10.9 Å². The van der Waals surface area contributed by atoms with Crippen LogP contribution in [0, 0.1) is 17.2 Å². The molecule has 136 valence electrons. The van der Waals surface area contributed by atoms with Crippen molar-refractivity contribution in [3.63, 3.8) is 0 Å². The van der Waals surface area contributed by atoms with Crippen LogP contribution in [-0.2, 0) is 4.79 Å². The number of amides is 1. The van der Waals surface area contributed by atoms with E-state index >= 15 is 0 Å². The number of fused-ring (bicyclic) bond motifs is 1. The molecule has 0 aliphatic heterocycles. The van der Waals surface area contributed by atoms with Gasteiger partial charge in [0, 0.05) is 5.39 Å². The van der Waals surface area contributed by atoms with E-state index in [0.29, 0.717) is 11.5 Å². The summed E-state index contributed by atoms with van der Waals surface area (Å²) in [5.41, 5.74) is 7.10. The predicted molar refractivity (Wildman–Crippen MR) is 103 cm³/mol. The van der Waals surface area contributed by atoms with E-state index < -0.39 is 11.9 Å². The lowest BCUT2D eigenvalue weighted by molar-refractivity contribution is -0.119. The summed E-state index contributed by atoms with van der Waals surface area (Å²) in [5.74, 6) is 0.111. The number of carbonyl (C=O) groups excluding carboxylic acids is 1. The highest BCUT2D eigenvalue weighted by molar-refractivity contribution is 5.83. The molecule has 3 rings (SSSR count). The Bertz CT molecular complexity index is 1030. The molecule has 1 atom stereocenters. The fourth-order valence-electron chi connectivity index (χ4n) is 2.63. The smallest absolute Gasteiger partial charge is 0.240 e. The summed E-state index contributed by atoms with van der Waals surface area (Å²) in [5, 5.41) is 16.3. The van der Waals surface area contributed by atoms with Gasteiger partial charge in [0.2, 0.25) is 5.91 Å². The molecule has 2 aromatic heterocycles. The van der Waals surface area contributed by atoms with Gasteiger partial charge in [0.15, 0.2) is 11.5 Å². The molecular formula is C19H19N7O. The molecule has 1 aromatic carbocycles. The summed E-state index contributed by atoms with van der Waals surface area (Å²) in [4.78, 5) is 24.5. The zero-order valence-corrected chi connectivity index (χ0v) is 15.0. The number of hydrogen-bond donors (Lipinski definition) is 3. The number of primary amides is 1. The average Bonchev–Trinajstić information content (AvgIpc) is 2.65. The lowest BCUT2D eigenvalue weighted by atomic mass is 10.0. The lowest BCUT2D eigenvalue weighted by Gasteiger charge is -2.19. The van der Waals surface area contributed by atoms with Crippen molar-refractivity contribution in [2.45, 2.75) is 19.9 Å². The van der Waals surface area contributed by atoms with Crippen LogP contribution >= 0.6 is 0 Å². The maximum absolute atomic E-state index is 11.6. The molecule has 0 saturated carbocycles. The van der Waals surface area contributed by atoms with Crippen LogP contribution in [0.5, 0.6) is 0 Å². The van der Waals surface area contributed by atoms with Gasteiger partial charge in [-0.15, -0.1) is 0 Å². The molecule has 27 heavy (non-hydrogen) atoms. The summed E-state index contributed by atoms with van der Waals surface area (Å²) >= 11 is 0. The Hall–Kier alpha value is -3.73. The summed E-state index contributed by atoms with van der Waals surface area (Å²) in [7, 11) is 0. The molecule has 0 fully saturated rings. The Morgan fingerprint density at radius 2 is 2.00 bits per heavy atom. The van der Waals surface area contributed by atoms with E-state index in [2.05, 4.69) is 25.6 Å². The highest BCUT2D eigenvalue weighted by atomic mass is 16.1. The van der Waals surface area contributed by atoms with E-state index in [9.17, 15) is 10.1 Å². The van der Waals surface area contributed by atoms with Gasteiger partial charge >= 0.3 is 0 Å². The highest BCUT2D eigenvalue weighted by Crippen LogP contribution is 2.22. The molecule has 1 unspecified atom stereocenters. The minimum absolute atomic E-state index is 0.0268. The Morgan fingerprint density at radius 3 is 2.70 bits per heavy atom. The van der Waals surface area contributed by atoms with Crippen LogP contribution in [0.15, 0.2) is 42.7 Å². The minimum atomic E-state index is -0.595. The Morgan fingerprint density at radius 1 is 1.22 bits per heavy atom. The number of aromatic nitrogens is 3. The Balaban J connectivity index is 1.91. The summed E-state index contributed by atoms with van der Waals surface area (Å²) in [6.45, 7) is 3.75. The third kappa shape index (κ3) is 4.10. The number of nitriles is 1. The molecule has 0 radical (unpaired) electrons. The number of para-hydroxylation sites is 1. The normalized spacial score (nSPS) is 11.8. The van der Waals surface area contributed by atoms with Crippen molar-refractivity contribution in [2.75, 3.05) is 10.6 Å². The van der Waals surface area contributed by atoms with Crippen molar-refractivity contribution in [3.05, 3.63) is 48.4 Å². The monoisotopic (exact) mass is 361 g/mol. The van der Waals surface area contributed by atoms with Crippen molar-refractivity contribution in [1.29, 1.82) is 5.26 Å². The second-order valence-electron chi connectivity index (χ2n) is 6.37. The van der Waals surface area contributed by atoms with Gasteiger partial charge in [-0.2, -0.15) is 5.26 Å². The molecule has 0 spiro atoms. The molecule has 3 aromatic rings. The van der Waals surface area contributed by atoms with Crippen LogP contribution in [0.1, 0.15) is 19.5 Å². The fourth-order valence-corrected chi connectivity index (χ4v) is 2.63. The number of anilines is 3. The van der Waals surface area contributed by atoms with Crippen molar-refractivity contribution in [3.8, 4) is 6.07 Å². The quantitative estimate of drug-likeness (QED) is 0.615. The maximum Gasteiger partial charge on any atom is 0.240 e. The van der Waals surface area contributed by atoms with Gasteiger partial charge in [0.1, 0.15) is 17.9 Å². The lowest BCUT2D eigenvalue weighted by Crippen LogP contribution is -2.39. The second-order valence-corrected chi connectivity index (χ2v) is 6.37. The van der Waals surface area contributed by atoms with E-state index in [1.54, 1.807) is 6.20 Å². The van der Waals surface area contributed by atoms with Crippen molar-refractivity contribution in [1.82, 2.24) is 15.0 Å². The number of pyridine rings is 1.